The number of nitrogens with zero attached hydrogens (tertiary/aromatic N) is 1. The molecule has 5 aliphatic rings. The lowest BCUT2D eigenvalue weighted by molar-refractivity contribution is -0.202. The molecule has 7 nitrogen and oxygen atoms in total. The van der Waals surface area contributed by atoms with Crippen molar-refractivity contribution in [2.75, 3.05) is 19.7 Å². The van der Waals surface area contributed by atoms with Crippen LogP contribution in [0.3, 0.4) is 0 Å². The number of phenols is 1. The first-order valence-corrected chi connectivity index (χ1v) is 11.1. The van der Waals surface area contributed by atoms with Gasteiger partial charge in [-0.15, -0.1) is 0 Å². The molecule has 0 radical (unpaired) electrons. The number of esters is 1. The van der Waals surface area contributed by atoms with Crippen molar-refractivity contribution in [3.63, 3.8) is 0 Å². The summed E-state index contributed by atoms with van der Waals surface area (Å²) in [5, 5.41) is 22.8. The SMILES string of the molecule is CCOC(=O)C1C[C@@]2(O)[C@H]3Cc4ccc(O)c5c4[C@@]2(CCN3CC2CC2)[C@@H](O5)C1=O. The van der Waals surface area contributed by atoms with Crippen molar-refractivity contribution in [3.05, 3.63) is 23.3 Å². The zero-order valence-electron chi connectivity index (χ0n) is 17.1. The first kappa shape index (κ1) is 18.6. The van der Waals surface area contributed by atoms with E-state index in [9.17, 15) is 19.8 Å². The Labute approximate surface area is 175 Å². The smallest absolute Gasteiger partial charge is 0.316 e. The Hall–Kier alpha value is -2.12. The lowest BCUT2D eigenvalue weighted by Gasteiger charge is -2.63. The summed E-state index contributed by atoms with van der Waals surface area (Å²) in [5.74, 6) is -1.01. The van der Waals surface area contributed by atoms with Gasteiger partial charge in [0.05, 0.1) is 17.6 Å². The maximum Gasteiger partial charge on any atom is 0.316 e. The normalized spacial score (nSPS) is 38.7. The van der Waals surface area contributed by atoms with Crippen molar-refractivity contribution in [2.45, 2.75) is 62.2 Å². The summed E-state index contributed by atoms with van der Waals surface area (Å²) in [7, 11) is 0. The lowest BCUT2D eigenvalue weighted by atomic mass is 9.47. The van der Waals surface area contributed by atoms with Gasteiger partial charge in [-0.1, -0.05) is 6.07 Å². The van der Waals surface area contributed by atoms with Crippen LogP contribution in [0, 0.1) is 11.8 Å². The summed E-state index contributed by atoms with van der Waals surface area (Å²) in [6, 6.07) is 3.32. The van der Waals surface area contributed by atoms with Gasteiger partial charge in [0.15, 0.2) is 23.4 Å². The molecule has 2 heterocycles. The van der Waals surface area contributed by atoms with Crippen LogP contribution in [0.25, 0.3) is 0 Å². The van der Waals surface area contributed by atoms with E-state index in [0.717, 1.165) is 24.2 Å². The second-order valence-corrected chi connectivity index (χ2v) is 9.66. The number of hydrogen-bond donors (Lipinski definition) is 2. The van der Waals surface area contributed by atoms with E-state index in [4.69, 9.17) is 9.47 Å². The third kappa shape index (κ3) is 2.12. The molecule has 30 heavy (non-hydrogen) atoms. The molecule has 2 bridgehead atoms. The fourth-order valence-corrected chi connectivity index (χ4v) is 6.74. The third-order valence-electron chi connectivity index (χ3n) is 8.20. The molecule has 0 amide bonds. The third-order valence-corrected chi connectivity index (χ3v) is 8.20. The number of phenolic OH excluding ortho intramolecular Hbond substituents is 1. The molecule has 1 aromatic rings. The van der Waals surface area contributed by atoms with Gasteiger partial charge in [-0.2, -0.15) is 0 Å². The monoisotopic (exact) mass is 413 g/mol. The van der Waals surface area contributed by atoms with Crippen molar-refractivity contribution in [1.82, 2.24) is 4.90 Å². The standard InChI is InChI=1S/C23H27NO6/c1-2-29-21(27)14-10-23(28)16-9-13-5-6-15(25)19-17(13)22(23,20(30-19)18(14)26)7-8-24(16)11-12-3-4-12/h5-6,12,14,16,20,25,28H,2-4,7-11H2,1H3/t14?,16-,20+,22+,23-/m1/s1. The Morgan fingerprint density at radius 2 is 2.17 bits per heavy atom. The number of likely N-dealkylation sites (tertiary alicyclic amines) is 1. The molecule has 2 aliphatic heterocycles. The molecule has 160 valence electrons. The van der Waals surface area contributed by atoms with Crippen LogP contribution in [0.1, 0.15) is 43.7 Å². The van der Waals surface area contributed by atoms with Gasteiger partial charge in [0, 0.05) is 18.2 Å². The molecule has 6 rings (SSSR count). The highest BCUT2D eigenvalue weighted by Gasteiger charge is 2.75. The average Bonchev–Trinajstić information content (AvgIpc) is 3.45. The van der Waals surface area contributed by atoms with Gasteiger partial charge in [0.1, 0.15) is 5.92 Å². The number of hydrogen-bond acceptors (Lipinski definition) is 7. The number of Topliss-reactive ketones (excluding diaryl/α,β-unsaturated/α-hetero) is 1. The average molecular weight is 413 g/mol. The number of carbonyl (C=O) groups excluding carboxylic acids is 2. The molecule has 1 saturated heterocycles. The van der Waals surface area contributed by atoms with Crippen molar-refractivity contribution < 1.29 is 29.3 Å². The summed E-state index contributed by atoms with van der Waals surface area (Å²) in [6.45, 7) is 3.60. The van der Waals surface area contributed by atoms with Gasteiger partial charge < -0.3 is 19.7 Å². The summed E-state index contributed by atoms with van der Waals surface area (Å²) in [4.78, 5) is 28.5. The lowest BCUT2D eigenvalue weighted by Crippen LogP contribution is -2.78. The van der Waals surface area contributed by atoms with Crippen LogP contribution in [-0.4, -0.2) is 64.3 Å². The molecule has 7 heteroatoms. The minimum atomic E-state index is -1.29. The van der Waals surface area contributed by atoms with Gasteiger partial charge >= 0.3 is 5.97 Å². The van der Waals surface area contributed by atoms with Crippen LogP contribution in [0.5, 0.6) is 11.5 Å². The van der Waals surface area contributed by atoms with E-state index < -0.39 is 29.0 Å². The highest BCUT2D eigenvalue weighted by molar-refractivity contribution is 6.04. The molecule has 1 aromatic carbocycles. The van der Waals surface area contributed by atoms with Crippen molar-refractivity contribution in [3.8, 4) is 11.5 Å². The molecule has 5 atom stereocenters. The summed E-state index contributed by atoms with van der Waals surface area (Å²) in [6.07, 6.45) is 2.70. The molecular formula is C23H27NO6. The van der Waals surface area contributed by atoms with E-state index >= 15 is 0 Å². The Morgan fingerprint density at radius 3 is 2.90 bits per heavy atom. The number of aliphatic hydroxyl groups is 1. The number of ketones is 1. The van der Waals surface area contributed by atoms with E-state index in [1.165, 1.54) is 12.8 Å². The van der Waals surface area contributed by atoms with Crippen LogP contribution < -0.4 is 4.74 Å². The predicted octanol–water partition coefficient (Wildman–Crippen LogP) is 1.31. The maximum atomic E-state index is 13.5. The van der Waals surface area contributed by atoms with Crippen molar-refractivity contribution >= 4 is 11.8 Å². The Balaban J connectivity index is 1.53. The number of ether oxygens (including phenoxy) is 2. The second kappa shape index (κ2) is 5.98. The van der Waals surface area contributed by atoms with Gasteiger partial charge in [-0.25, -0.2) is 0 Å². The first-order valence-electron chi connectivity index (χ1n) is 11.1. The molecule has 3 fully saturated rings. The van der Waals surface area contributed by atoms with Gasteiger partial charge in [0.2, 0.25) is 0 Å². The number of aromatic hydroxyl groups is 1. The number of benzene rings is 1. The first-order chi connectivity index (χ1) is 14.4. The highest BCUT2D eigenvalue weighted by Crippen LogP contribution is 2.65. The Morgan fingerprint density at radius 1 is 1.37 bits per heavy atom. The fraction of sp³-hybridized carbons (Fsp3) is 0.652. The van der Waals surface area contributed by atoms with Crippen LogP contribution in [0.2, 0.25) is 0 Å². The van der Waals surface area contributed by atoms with E-state index in [1.54, 1.807) is 13.0 Å². The van der Waals surface area contributed by atoms with E-state index in [-0.39, 0.29) is 30.6 Å². The number of carbonyl (C=O) groups is 2. The largest absolute Gasteiger partial charge is 0.504 e. The molecule has 0 aromatic heterocycles. The van der Waals surface area contributed by atoms with Crippen LogP contribution in [0.15, 0.2) is 12.1 Å². The predicted molar refractivity (Wildman–Crippen MR) is 105 cm³/mol. The van der Waals surface area contributed by atoms with Crippen LogP contribution in [-0.2, 0) is 26.2 Å². The minimum absolute atomic E-state index is 0.0146. The zero-order chi connectivity index (χ0) is 20.8. The Kier molecular flexibility index (Phi) is 3.71. The van der Waals surface area contributed by atoms with Gasteiger partial charge in [-0.05, 0) is 63.1 Å². The van der Waals surface area contributed by atoms with Gasteiger partial charge in [-0.3, -0.25) is 14.5 Å². The van der Waals surface area contributed by atoms with Gasteiger partial charge in [0.25, 0.3) is 0 Å². The summed E-state index contributed by atoms with van der Waals surface area (Å²) < 4.78 is 11.3. The number of piperidine rings is 1. The van der Waals surface area contributed by atoms with Crippen LogP contribution >= 0.6 is 0 Å². The topological polar surface area (TPSA) is 96.3 Å². The van der Waals surface area contributed by atoms with E-state index in [2.05, 4.69) is 4.90 Å². The fourth-order valence-electron chi connectivity index (χ4n) is 6.74. The molecular weight excluding hydrogens is 386 g/mol. The van der Waals surface area contributed by atoms with E-state index in [0.29, 0.717) is 24.5 Å². The van der Waals surface area contributed by atoms with E-state index in [1.807, 2.05) is 6.07 Å². The maximum absolute atomic E-state index is 13.5. The molecule has 3 aliphatic carbocycles. The van der Waals surface area contributed by atoms with Crippen LogP contribution in [0.4, 0.5) is 0 Å². The molecule has 1 unspecified atom stereocenters. The summed E-state index contributed by atoms with van der Waals surface area (Å²) >= 11 is 0. The quantitative estimate of drug-likeness (QED) is 0.568. The Bertz CT molecular complexity index is 957. The zero-order valence-corrected chi connectivity index (χ0v) is 17.1. The molecule has 2 N–H and O–H groups in total. The van der Waals surface area contributed by atoms with Crippen molar-refractivity contribution in [1.29, 1.82) is 0 Å². The molecule has 2 saturated carbocycles. The molecule has 1 spiro atoms. The minimum Gasteiger partial charge on any atom is -0.504 e. The highest BCUT2D eigenvalue weighted by atomic mass is 16.5. The second-order valence-electron chi connectivity index (χ2n) is 9.66. The number of rotatable bonds is 4. The van der Waals surface area contributed by atoms with Crippen molar-refractivity contribution in [2.24, 2.45) is 11.8 Å². The summed E-state index contributed by atoms with van der Waals surface area (Å²) in [5.41, 5.74) is -0.391.